The summed E-state index contributed by atoms with van der Waals surface area (Å²) in [5, 5.41) is 0. The standard InChI is InChI=1S/C26H29F8N/c1-23(2,3)13-4-14-35-21(17-5-9-19(10-6-17)25(29,30)31)15-24(27,28)16-22(35)18-7-11-20(12-8-18)26(32,33)34/h5-12,21-22H,4,13-16H2,1-3H3. The summed E-state index contributed by atoms with van der Waals surface area (Å²) >= 11 is 0. The molecule has 2 atom stereocenters. The molecule has 2 aromatic carbocycles. The second-order valence-corrected chi connectivity index (χ2v) is 10.4. The molecular weight excluding hydrogens is 478 g/mol. The molecule has 0 N–H and O–H groups in total. The predicted octanol–water partition coefficient (Wildman–Crippen LogP) is 9.06. The highest BCUT2D eigenvalue weighted by molar-refractivity contribution is 5.31. The molecule has 1 saturated heterocycles. The van der Waals surface area contributed by atoms with Crippen LogP contribution in [0.25, 0.3) is 0 Å². The predicted molar refractivity (Wildman–Crippen MR) is 118 cm³/mol. The Labute approximate surface area is 200 Å². The molecule has 1 heterocycles. The van der Waals surface area contributed by atoms with Crippen molar-refractivity contribution in [3.63, 3.8) is 0 Å². The van der Waals surface area contributed by atoms with E-state index in [0.717, 1.165) is 30.7 Å². The van der Waals surface area contributed by atoms with Crippen LogP contribution in [0.2, 0.25) is 0 Å². The van der Waals surface area contributed by atoms with E-state index in [9.17, 15) is 35.1 Å². The molecule has 1 aliphatic rings. The first kappa shape index (κ1) is 27.4. The molecule has 0 amide bonds. The second kappa shape index (κ2) is 9.71. The van der Waals surface area contributed by atoms with Crippen molar-refractivity contribution in [2.45, 2.75) is 76.8 Å². The number of benzene rings is 2. The lowest BCUT2D eigenvalue weighted by atomic mass is 9.84. The van der Waals surface area contributed by atoms with E-state index in [-0.39, 0.29) is 5.41 Å². The summed E-state index contributed by atoms with van der Waals surface area (Å²) in [4.78, 5) is 1.81. The Hall–Kier alpha value is -2.16. The normalized spacial score (nSPS) is 21.8. The van der Waals surface area contributed by atoms with Crippen LogP contribution in [0, 0.1) is 5.41 Å². The fraction of sp³-hybridized carbons (Fsp3) is 0.538. The molecule has 2 unspecified atom stereocenters. The van der Waals surface area contributed by atoms with Gasteiger partial charge in [-0.3, -0.25) is 4.90 Å². The van der Waals surface area contributed by atoms with Crippen LogP contribution in [-0.4, -0.2) is 17.4 Å². The summed E-state index contributed by atoms with van der Waals surface area (Å²) in [5.74, 6) is -3.14. The van der Waals surface area contributed by atoms with Gasteiger partial charge in [-0.25, -0.2) is 8.78 Å². The van der Waals surface area contributed by atoms with E-state index >= 15 is 0 Å². The summed E-state index contributed by atoms with van der Waals surface area (Å²) in [7, 11) is 0. The minimum absolute atomic E-state index is 0.0204. The topological polar surface area (TPSA) is 3.24 Å². The fourth-order valence-corrected chi connectivity index (χ4v) is 4.61. The van der Waals surface area contributed by atoms with Gasteiger partial charge in [0.05, 0.1) is 11.1 Å². The zero-order chi connectivity index (χ0) is 26.2. The average Bonchev–Trinajstić information content (AvgIpc) is 2.72. The highest BCUT2D eigenvalue weighted by Crippen LogP contribution is 2.49. The van der Waals surface area contributed by atoms with Gasteiger partial charge in [-0.15, -0.1) is 0 Å². The van der Waals surface area contributed by atoms with E-state index < -0.39 is 54.3 Å². The number of piperidine rings is 1. The van der Waals surface area contributed by atoms with Gasteiger partial charge in [0.25, 0.3) is 5.92 Å². The van der Waals surface area contributed by atoms with Crippen LogP contribution in [0.4, 0.5) is 35.1 Å². The summed E-state index contributed by atoms with van der Waals surface area (Å²) in [5.41, 5.74) is -1.12. The maximum absolute atomic E-state index is 14.9. The largest absolute Gasteiger partial charge is 0.416 e. The van der Waals surface area contributed by atoms with Crippen LogP contribution in [0.15, 0.2) is 48.5 Å². The van der Waals surface area contributed by atoms with E-state index in [1.807, 2.05) is 25.7 Å². The molecule has 0 spiro atoms. The molecule has 194 valence electrons. The maximum Gasteiger partial charge on any atom is 0.416 e. The molecule has 2 aromatic rings. The van der Waals surface area contributed by atoms with E-state index in [0.29, 0.717) is 24.1 Å². The first-order chi connectivity index (χ1) is 16.0. The number of hydrogen-bond acceptors (Lipinski definition) is 1. The van der Waals surface area contributed by atoms with E-state index in [4.69, 9.17) is 0 Å². The number of nitrogens with zero attached hydrogens (tertiary/aromatic N) is 1. The van der Waals surface area contributed by atoms with Crippen LogP contribution in [0.3, 0.4) is 0 Å². The molecule has 0 aliphatic carbocycles. The van der Waals surface area contributed by atoms with Gasteiger partial charge in [-0.2, -0.15) is 26.3 Å². The van der Waals surface area contributed by atoms with Crippen molar-refractivity contribution in [1.82, 2.24) is 4.90 Å². The summed E-state index contributed by atoms with van der Waals surface area (Å²) in [6.07, 6.45) is -8.84. The van der Waals surface area contributed by atoms with Gasteiger partial charge < -0.3 is 0 Å². The highest BCUT2D eigenvalue weighted by Gasteiger charge is 2.47. The second-order valence-electron chi connectivity index (χ2n) is 10.4. The van der Waals surface area contributed by atoms with Crippen molar-refractivity contribution >= 4 is 0 Å². The number of halogens is 8. The summed E-state index contributed by atoms with van der Waals surface area (Å²) < 4.78 is 108. The quantitative estimate of drug-likeness (QED) is 0.365. The number of hydrogen-bond donors (Lipinski definition) is 0. The van der Waals surface area contributed by atoms with E-state index in [1.165, 1.54) is 24.3 Å². The third-order valence-corrected chi connectivity index (χ3v) is 6.37. The van der Waals surface area contributed by atoms with Crippen molar-refractivity contribution in [3.05, 3.63) is 70.8 Å². The van der Waals surface area contributed by atoms with Gasteiger partial charge in [0.1, 0.15) is 0 Å². The molecular formula is C26H29F8N. The van der Waals surface area contributed by atoms with Gasteiger partial charge in [0.2, 0.25) is 0 Å². The monoisotopic (exact) mass is 507 g/mol. The van der Waals surface area contributed by atoms with Crippen molar-refractivity contribution in [2.24, 2.45) is 5.41 Å². The number of alkyl halides is 8. The zero-order valence-electron chi connectivity index (χ0n) is 19.8. The third kappa shape index (κ3) is 7.18. The number of likely N-dealkylation sites (tertiary alicyclic amines) is 1. The van der Waals surface area contributed by atoms with Gasteiger partial charge in [-0.1, -0.05) is 45.0 Å². The highest BCUT2D eigenvalue weighted by atomic mass is 19.4. The summed E-state index contributed by atoms with van der Waals surface area (Å²) in [6.45, 7) is 6.50. The van der Waals surface area contributed by atoms with Crippen molar-refractivity contribution in [3.8, 4) is 0 Å². The molecule has 0 aromatic heterocycles. The fourth-order valence-electron chi connectivity index (χ4n) is 4.61. The molecule has 1 aliphatic heterocycles. The lowest BCUT2D eigenvalue weighted by molar-refractivity contribution is -0.138. The Morgan fingerprint density at radius 2 is 1.09 bits per heavy atom. The Morgan fingerprint density at radius 1 is 0.714 bits per heavy atom. The van der Waals surface area contributed by atoms with E-state index in [1.54, 1.807) is 0 Å². The third-order valence-electron chi connectivity index (χ3n) is 6.37. The Balaban J connectivity index is 1.99. The summed E-state index contributed by atoms with van der Waals surface area (Å²) in [6, 6.07) is 6.62. The van der Waals surface area contributed by atoms with Gasteiger partial charge in [0.15, 0.2) is 0 Å². The Kier molecular flexibility index (Phi) is 7.61. The molecule has 9 heteroatoms. The van der Waals surface area contributed by atoms with Crippen LogP contribution in [0.5, 0.6) is 0 Å². The van der Waals surface area contributed by atoms with Crippen LogP contribution >= 0.6 is 0 Å². The minimum atomic E-state index is -4.55. The molecule has 0 radical (unpaired) electrons. The zero-order valence-corrected chi connectivity index (χ0v) is 19.8. The van der Waals surface area contributed by atoms with Gasteiger partial charge >= 0.3 is 12.4 Å². The van der Waals surface area contributed by atoms with Crippen molar-refractivity contribution < 1.29 is 35.1 Å². The SMILES string of the molecule is CC(C)(C)CCCN1C(c2ccc(C(F)(F)F)cc2)CC(F)(F)CC1c1ccc(C(F)(F)F)cc1. The van der Waals surface area contributed by atoms with Gasteiger partial charge in [-0.05, 0) is 60.2 Å². The van der Waals surface area contributed by atoms with E-state index in [2.05, 4.69) is 0 Å². The molecule has 0 bridgehead atoms. The molecule has 1 nitrogen and oxygen atoms in total. The Morgan fingerprint density at radius 3 is 1.40 bits per heavy atom. The van der Waals surface area contributed by atoms with Gasteiger partial charge in [0, 0.05) is 24.9 Å². The maximum atomic E-state index is 14.9. The first-order valence-corrected chi connectivity index (χ1v) is 11.4. The lowest BCUT2D eigenvalue weighted by Gasteiger charge is -2.46. The average molecular weight is 508 g/mol. The van der Waals surface area contributed by atoms with Crippen LogP contribution in [0.1, 0.15) is 80.8 Å². The lowest BCUT2D eigenvalue weighted by Crippen LogP contribution is -2.44. The smallest absolute Gasteiger partial charge is 0.289 e. The number of rotatable bonds is 5. The molecule has 0 saturated carbocycles. The van der Waals surface area contributed by atoms with Crippen LogP contribution in [-0.2, 0) is 12.4 Å². The minimum Gasteiger partial charge on any atom is -0.289 e. The first-order valence-electron chi connectivity index (χ1n) is 11.4. The molecule has 1 fully saturated rings. The Bertz CT molecular complexity index is 899. The molecule has 35 heavy (non-hydrogen) atoms. The molecule has 3 rings (SSSR count). The van der Waals surface area contributed by atoms with Crippen molar-refractivity contribution in [2.75, 3.05) is 6.54 Å². The van der Waals surface area contributed by atoms with Crippen LogP contribution < -0.4 is 0 Å². The van der Waals surface area contributed by atoms with Crippen molar-refractivity contribution in [1.29, 1.82) is 0 Å².